The summed E-state index contributed by atoms with van der Waals surface area (Å²) in [6, 6.07) is 13.9. The van der Waals surface area contributed by atoms with Gasteiger partial charge in [-0.05, 0) is 37.1 Å². The molecule has 0 spiro atoms. The molecule has 1 fully saturated rings. The molecule has 0 bridgehead atoms. The minimum atomic E-state index is -3.42. The van der Waals surface area contributed by atoms with Gasteiger partial charge in [-0.2, -0.15) is 4.31 Å². The van der Waals surface area contributed by atoms with Crippen LogP contribution in [0.4, 0.5) is 0 Å². The highest BCUT2D eigenvalue weighted by atomic mass is 32.2. The highest BCUT2D eigenvalue weighted by molar-refractivity contribution is 7.89. The van der Waals surface area contributed by atoms with Gasteiger partial charge in [0, 0.05) is 29.6 Å². The maximum atomic E-state index is 12.7. The Labute approximate surface area is 163 Å². The molecule has 0 saturated carbocycles. The van der Waals surface area contributed by atoms with Crippen LogP contribution in [0.25, 0.3) is 21.8 Å². The van der Waals surface area contributed by atoms with Crippen LogP contribution in [0.5, 0.6) is 5.75 Å². The Morgan fingerprint density at radius 2 is 1.70 bits per heavy atom. The molecule has 3 aromatic rings. The summed E-state index contributed by atoms with van der Waals surface area (Å²) in [5.74, 6) is 0.205. The Bertz CT molecular complexity index is 1040. The second kappa shape index (κ2) is 7.42. The van der Waals surface area contributed by atoms with Gasteiger partial charge in [0.1, 0.15) is 10.8 Å². The van der Waals surface area contributed by atoms with Crippen molar-refractivity contribution in [1.29, 1.82) is 0 Å². The average molecular weight is 401 g/mol. The van der Waals surface area contributed by atoms with E-state index in [9.17, 15) is 13.5 Å². The Balaban J connectivity index is 1.58. The molecule has 7 heteroatoms. The molecule has 2 heterocycles. The van der Waals surface area contributed by atoms with Crippen molar-refractivity contribution in [3.8, 4) is 27.6 Å². The highest BCUT2D eigenvalue weighted by Gasteiger charge is 2.25. The third kappa shape index (κ3) is 3.76. The summed E-state index contributed by atoms with van der Waals surface area (Å²) in [6.45, 7) is 1.20. The van der Waals surface area contributed by atoms with Crippen LogP contribution in [-0.2, 0) is 10.0 Å². The van der Waals surface area contributed by atoms with Gasteiger partial charge in [-0.1, -0.05) is 30.7 Å². The van der Waals surface area contributed by atoms with E-state index in [0.29, 0.717) is 18.0 Å². The van der Waals surface area contributed by atoms with E-state index in [0.717, 1.165) is 41.1 Å². The van der Waals surface area contributed by atoms with Crippen LogP contribution in [0.15, 0.2) is 58.8 Å². The van der Waals surface area contributed by atoms with Crippen LogP contribution in [0.3, 0.4) is 0 Å². The number of sulfonamides is 1. The van der Waals surface area contributed by atoms with Gasteiger partial charge in [0.2, 0.25) is 10.0 Å². The number of thiazole rings is 1. The predicted octanol–water partition coefficient (Wildman–Crippen LogP) is 4.36. The number of phenolic OH excluding ortho intramolecular Hbond substituents is 1. The van der Waals surface area contributed by atoms with Crippen LogP contribution in [0.2, 0.25) is 0 Å². The zero-order valence-electron chi connectivity index (χ0n) is 14.7. The van der Waals surface area contributed by atoms with Gasteiger partial charge in [-0.3, -0.25) is 0 Å². The van der Waals surface area contributed by atoms with Crippen molar-refractivity contribution in [1.82, 2.24) is 9.29 Å². The zero-order chi connectivity index (χ0) is 18.9. The number of hydrogen-bond donors (Lipinski definition) is 1. The predicted molar refractivity (Wildman–Crippen MR) is 107 cm³/mol. The number of hydrogen-bond acceptors (Lipinski definition) is 5. The molecule has 0 amide bonds. The largest absolute Gasteiger partial charge is 0.508 e. The molecule has 5 nitrogen and oxygen atoms in total. The smallest absolute Gasteiger partial charge is 0.243 e. The number of rotatable bonds is 4. The van der Waals surface area contributed by atoms with Gasteiger partial charge in [0.25, 0.3) is 0 Å². The molecule has 0 unspecified atom stereocenters. The second-order valence-electron chi connectivity index (χ2n) is 6.58. The SMILES string of the molecule is O=S(=O)(c1ccc(-c2csc(-c3cccc(O)c3)n2)cc1)N1CCCCC1. The number of nitrogens with zero attached hydrogens (tertiary/aromatic N) is 2. The number of aromatic hydroxyl groups is 1. The first kappa shape index (κ1) is 18.2. The molecule has 1 saturated heterocycles. The molecule has 1 aliphatic heterocycles. The first-order chi connectivity index (χ1) is 13.0. The fraction of sp³-hybridized carbons (Fsp3) is 0.250. The average Bonchev–Trinajstić information content (AvgIpc) is 3.19. The van der Waals surface area contributed by atoms with Gasteiger partial charge in [-0.25, -0.2) is 13.4 Å². The lowest BCUT2D eigenvalue weighted by Gasteiger charge is -2.25. The van der Waals surface area contributed by atoms with E-state index in [4.69, 9.17) is 0 Å². The summed E-state index contributed by atoms with van der Waals surface area (Å²) in [4.78, 5) is 4.95. The van der Waals surface area contributed by atoms with Gasteiger partial charge in [0.15, 0.2) is 0 Å². The third-order valence-electron chi connectivity index (χ3n) is 4.70. The third-order valence-corrected chi connectivity index (χ3v) is 7.50. The fourth-order valence-corrected chi connectivity index (χ4v) is 5.57. The molecule has 0 aliphatic carbocycles. The number of benzene rings is 2. The van der Waals surface area contributed by atoms with Crippen LogP contribution < -0.4 is 0 Å². The van der Waals surface area contributed by atoms with Crippen LogP contribution in [0, 0.1) is 0 Å². The molecule has 1 aromatic heterocycles. The minimum absolute atomic E-state index is 0.205. The lowest BCUT2D eigenvalue weighted by Crippen LogP contribution is -2.35. The molecule has 0 radical (unpaired) electrons. The highest BCUT2D eigenvalue weighted by Crippen LogP contribution is 2.31. The Kier molecular flexibility index (Phi) is 4.99. The van der Waals surface area contributed by atoms with E-state index in [1.54, 1.807) is 46.8 Å². The van der Waals surface area contributed by atoms with E-state index in [1.165, 1.54) is 11.3 Å². The van der Waals surface area contributed by atoms with Crippen molar-refractivity contribution in [2.45, 2.75) is 24.2 Å². The van der Waals surface area contributed by atoms with Crippen molar-refractivity contribution < 1.29 is 13.5 Å². The van der Waals surface area contributed by atoms with Gasteiger partial charge >= 0.3 is 0 Å². The van der Waals surface area contributed by atoms with Gasteiger partial charge in [-0.15, -0.1) is 11.3 Å². The Hall–Kier alpha value is -2.22. The first-order valence-corrected chi connectivity index (χ1v) is 11.2. The molecule has 1 aliphatic rings. The zero-order valence-corrected chi connectivity index (χ0v) is 16.3. The molecule has 2 aromatic carbocycles. The van der Waals surface area contributed by atoms with Crippen molar-refractivity contribution >= 4 is 21.4 Å². The first-order valence-electron chi connectivity index (χ1n) is 8.89. The molecule has 0 atom stereocenters. The summed E-state index contributed by atoms with van der Waals surface area (Å²) >= 11 is 1.49. The minimum Gasteiger partial charge on any atom is -0.508 e. The van der Waals surface area contributed by atoms with E-state index < -0.39 is 10.0 Å². The summed E-state index contributed by atoms with van der Waals surface area (Å²) < 4.78 is 27.1. The summed E-state index contributed by atoms with van der Waals surface area (Å²) in [5, 5.41) is 12.4. The van der Waals surface area contributed by atoms with Gasteiger partial charge in [0.05, 0.1) is 10.6 Å². The number of phenols is 1. The van der Waals surface area contributed by atoms with E-state index in [2.05, 4.69) is 4.98 Å². The normalized spacial score (nSPS) is 15.7. The maximum absolute atomic E-state index is 12.7. The van der Waals surface area contributed by atoms with E-state index in [1.807, 2.05) is 11.4 Å². The lowest BCUT2D eigenvalue weighted by atomic mass is 10.2. The summed E-state index contributed by atoms with van der Waals surface area (Å²) in [6.07, 6.45) is 2.94. The van der Waals surface area contributed by atoms with Gasteiger partial charge < -0.3 is 5.11 Å². The number of piperidine rings is 1. The van der Waals surface area contributed by atoms with Crippen molar-refractivity contribution in [2.24, 2.45) is 0 Å². The lowest BCUT2D eigenvalue weighted by molar-refractivity contribution is 0.346. The molecule has 1 N–H and O–H groups in total. The van der Waals surface area contributed by atoms with Crippen LogP contribution in [0.1, 0.15) is 19.3 Å². The van der Waals surface area contributed by atoms with Crippen molar-refractivity contribution in [3.63, 3.8) is 0 Å². The second-order valence-corrected chi connectivity index (χ2v) is 9.37. The molecular formula is C20H20N2O3S2. The molecular weight excluding hydrogens is 380 g/mol. The number of aromatic nitrogens is 1. The summed E-state index contributed by atoms with van der Waals surface area (Å²) in [7, 11) is -3.42. The summed E-state index contributed by atoms with van der Waals surface area (Å²) in [5.41, 5.74) is 2.52. The molecule has 140 valence electrons. The topological polar surface area (TPSA) is 70.5 Å². The Morgan fingerprint density at radius 1 is 0.963 bits per heavy atom. The van der Waals surface area contributed by atoms with Crippen molar-refractivity contribution in [3.05, 3.63) is 53.9 Å². The molecule has 27 heavy (non-hydrogen) atoms. The molecule has 4 rings (SSSR count). The van der Waals surface area contributed by atoms with E-state index >= 15 is 0 Å². The fourth-order valence-electron chi connectivity index (χ4n) is 3.23. The monoisotopic (exact) mass is 400 g/mol. The van der Waals surface area contributed by atoms with Crippen molar-refractivity contribution in [2.75, 3.05) is 13.1 Å². The maximum Gasteiger partial charge on any atom is 0.243 e. The standard InChI is InChI=1S/C20H20N2O3S2/c23-17-6-4-5-16(13-17)20-21-19(14-26-20)15-7-9-18(10-8-15)27(24,25)22-11-2-1-3-12-22/h4-10,13-14,23H,1-3,11-12H2. The Morgan fingerprint density at radius 3 is 2.41 bits per heavy atom. The van der Waals surface area contributed by atoms with Crippen LogP contribution in [-0.4, -0.2) is 35.9 Å². The van der Waals surface area contributed by atoms with Crippen LogP contribution >= 0.6 is 11.3 Å². The van der Waals surface area contributed by atoms with E-state index in [-0.39, 0.29) is 5.75 Å². The quantitative estimate of drug-likeness (QED) is 0.706.